The van der Waals surface area contributed by atoms with Gasteiger partial charge < -0.3 is 15.4 Å². The maximum Gasteiger partial charge on any atom is 0.256 e. The van der Waals surface area contributed by atoms with Crippen molar-refractivity contribution in [2.75, 3.05) is 25.9 Å². The smallest absolute Gasteiger partial charge is 0.256 e. The Labute approximate surface area is 114 Å². The van der Waals surface area contributed by atoms with Gasteiger partial charge in [0.05, 0.1) is 11.7 Å². The Morgan fingerprint density at radius 3 is 2.84 bits per heavy atom. The quantitative estimate of drug-likeness (QED) is 0.830. The van der Waals surface area contributed by atoms with E-state index in [9.17, 15) is 4.79 Å². The molecule has 0 radical (unpaired) electrons. The van der Waals surface area contributed by atoms with Gasteiger partial charge in [-0.15, -0.1) is 0 Å². The number of carbonyl (C=O) groups is 1. The van der Waals surface area contributed by atoms with Crippen molar-refractivity contribution in [2.45, 2.75) is 26.4 Å². The summed E-state index contributed by atoms with van der Waals surface area (Å²) >= 11 is 0. The number of likely N-dealkylation sites (tertiary alicyclic amines) is 1. The molecule has 2 unspecified atom stereocenters. The van der Waals surface area contributed by atoms with Crippen molar-refractivity contribution in [3.63, 3.8) is 0 Å². The van der Waals surface area contributed by atoms with Crippen molar-refractivity contribution in [1.82, 2.24) is 4.90 Å². The molecule has 0 saturated carbocycles. The summed E-state index contributed by atoms with van der Waals surface area (Å²) < 4.78 is 5.44. The van der Waals surface area contributed by atoms with Crippen LogP contribution < -0.4 is 5.73 Å². The largest absolute Gasteiger partial charge is 0.398 e. The summed E-state index contributed by atoms with van der Waals surface area (Å²) in [5.74, 6) is 0.496. The van der Waals surface area contributed by atoms with Gasteiger partial charge in [0, 0.05) is 25.9 Å². The van der Waals surface area contributed by atoms with Gasteiger partial charge in [-0.3, -0.25) is 4.79 Å². The van der Waals surface area contributed by atoms with E-state index in [0.29, 0.717) is 23.7 Å². The second-order valence-corrected chi connectivity index (χ2v) is 5.38. The highest BCUT2D eigenvalue weighted by Crippen LogP contribution is 2.23. The molecule has 19 heavy (non-hydrogen) atoms. The maximum atomic E-state index is 12.5. The first kappa shape index (κ1) is 13.9. The number of aryl methyl sites for hydroxylation is 1. The molecule has 104 valence electrons. The van der Waals surface area contributed by atoms with E-state index < -0.39 is 0 Å². The summed E-state index contributed by atoms with van der Waals surface area (Å²) in [4.78, 5) is 14.3. The van der Waals surface area contributed by atoms with E-state index in [2.05, 4.69) is 6.92 Å². The van der Waals surface area contributed by atoms with Gasteiger partial charge in [-0.25, -0.2) is 0 Å². The fraction of sp³-hybridized carbons (Fsp3) is 0.533. The second kappa shape index (κ2) is 5.61. The van der Waals surface area contributed by atoms with E-state index in [1.54, 1.807) is 7.11 Å². The number of nitrogens with two attached hydrogens (primary N) is 1. The van der Waals surface area contributed by atoms with Crippen molar-refractivity contribution in [2.24, 2.45) is 5.92 Å². The number of carbonyl (C=O) groups excluding carboxylic acids is 1. The first-order valence-electron chi connectivity index (χ1n) is 6.71. The summed E-state index contributed by atoms with van der Waals surface area (Å²) in [6.07, 6.45) is 1.08. The summed E-state index contributed by atoms with van der Waals surface area (Å²) in [6.45, 7) is 5.54. The molecule has 0 spiro atoms. The number of methoxy groups -OCH3 is 1. The number of nitrogens with zero attached hydrogens (tertiary/aromatic N) is 1. The van der Waals surface area contributed by atoms with E-state index in [4.69, 9.17) is 10.5 Å². The normalized spacial score (nSPS) is 23.4. The van der Waals surface area contributed by atoms with Crippen LogP contribution in [0.4, 0.5) is 5.69 Å². The van der Waals surface area contributed by atoms with Crippen LogP contribution in [0.5, 0.6) is 0 Å². The Morgan fingerprint density at radius 1 is 1.47 bits per heavy atom. The molecule has 0 aliphatic carbocycles. The zero-order chi connectivity index (χ0) is 14.0. The molecule has 0 bridgehead atoms. The first-order valence-corrected chi connectivity index (χ1v) is 6.71. The third-order valence-electron chi connectivity index (χ3n) is 3.92. The van der Waals surface area contributed by atoms with Gasteiger partial charge in [0.25, 0.3) is 5.91 Å². The number of anilines is 1. The molecule has 2 N–H and O–H groups in total. The van der Waals surface area contributed by atoms with Crippen LogP contribution in [0.25, 0.3) is 0 Å². The predicted octanol–water partition coefficient (Wildman–Crippen LogP) is 2.07. The van der Waals surface area contributed by atoms with E-state index in [-0.39, 0.29) is 12.0 Å². The van der Waals surface area contributed by atoms with Crippen molar-refractivity contribution < 1.29 is 9.53 Å². The minimum absolute atomic E-state index is 0.00597. The van der Waals surface area contributed by atoms with E-state index >= 15 is 0 Å². The lowest BCUT2D eigenvalue weighted by Crippen LogP contribution is -2.46. The minimum Gasteiger partial charge on any atom is -0.398 e. The van der Waals surface area contributed by atoms with Crippen LogP contribution >= 0.6 is 0 Å². The fourth-order valence-electron chi connectivity index (χ4n) is 2.57. The minimum atomic E-state index is 0.00597. The summed E-state index contributed by atoms with van der Waals surface area (Å²) in [5.41, 5.74) is 8.16. The Hall–Kier alpha value is -1.55. The summed E-state index contributed by atoms with van der Waals surface area (Å²) in [6, 6.07) is 5.57. The van der Waals surface area contributed by atoms with Crippen LogP contribution in [-0.2, 0) is 4.74 Å². The molecule has 1 aromatic carbocycles. The topological polar surface area (TPSA) is 55.6 Å². The Kier molecular flexibility index (Phi) is 4.10. The van der Waals surface area contributed by atoms with Gasteiger partial charge in [-0.2, -0.15) is 0 Å². The van der Waals surface area contributed by atoms with Crippen LogP contribution in [0.3, 0.4) is 0 Å². The first-order chi connectivity index (χ1) is 9.02. The number of hydrogen-bond acceptors (Lipinski definition) is 3. The Morgan fingerprint density at radius 2 is 2.21 bits per heavy atom. The molecule has 4 heteroatoms. The van der Waals surface area contributed by atoms with E-state index in [1.165, 1.54) is 0 Å². The van der Waals surface area contributed by atoms with Gasteiger partial charge in [0.1, 0.15) is 0 Å². The molecule has 1 amide bonds. The molecule has 2 atom stereocenters. The Bertz CT molecular complexity index is 473. The fourth-order valence-corrected chi connectivity index (χ4v) is 2.57. The van der Waals surface area contributed by atoms with Crippen LogP contribution in [0.1, 0.15) is 29.3 Å². The Balaban J connectivity index is 2.15. The molecule has 4 nitrogen and oxygen atoms in total. The maximum absolute atomic E-state index is 12.5. The third-order valence-corrected chi connectivity index (χ3v) is 3.92. The highest BCUT2D eigenvalue weighted by Gasteiger charge is 2.29. The molecule has 2 rings (SSSR count). The van der Waals surface area contributed by atoms with Crippen LogP contribution in [0, 0.1) is 12.8 Å². The number of nitrogen functional groups attached to an aromatic ring is 1. The average Bonchev–Trinajstić information content (AvgIpc) is 2.38. The molecule has 1 saturated heterocycles. The van der Waals surface area contributed by atoms with E-state index in [1.807, 2.05) is 30.0 Å². The van der Waals surface area contributed by atoms with Gasteiger partial charge >= 0.3 is 0 Å². The number of ether oxygens (including phenoxy) is 1. The molecule has 1 aliphatic rings. The highest BCUT2D eigenvalue weighted by atomic mass is 16.5. The zero-order valence-electron chi connectivity index (χ0n) is 11.8. The number of piperidine rings is 1. The molecule has 1 heterocycles. The van der Waals surface area contributed by atoms with Gasteiger partial charge in [-0.05, 0) is 37.0 Å². The average molecular weight is 262 g/mol. The van der Waals surface area contributed by atoms with Crippen molar-refractivity contribution >= 4 is 11.6 Å². The van der Waals surface area contributed by atoms with Crippen molar-refractivity contribution in [3.8, 4) is 0 Å². The highest BCUT2D eigenvalue weighted by molar-refractivity contribution is 5.99. The number of benzene rings is 1. The van der Waals surface area contributed by atoms with Gasteiger partial charge in [0.2, 0.25) is 0 Å². The monoisotopic (exact) mass is 262 g/mol. The lowest BCUT2D eigenvalue weighted by molar-refractivity contribution is -0.00152. The lowest BCUT2D eigenvalue weighted by atomic mass is 9.95. The number of rotatable bonds is 2. The standard InChI is InChI=1S/C15H22N2O2/c1-10-4-5-12(13(16)8-10)15(18)17-7-6-11(2)14(9-17)19-3/h4-5,8,11,14H,6-7,9,16H2,1-3H3. The molecule has 0 aromatic heterocycles. The molecule has 1 aromatic rings. The van der Waals surface area contributed by atoms with Gasteiger partial charge in [-0.1, -0.05) is 13.0 Å². The van der Waals surface area contributed by atoms with Crippen molar-refractivity contribution in [1.29, 1.82) is 0 Å². The van der Waals surface area contributed by atoms with Crippen LogP contribution in [0.2, 0.25) is 0 Å². The molecular formula is C15H22N2O2. The SMILES string of the molecule is COC1CN(C(=O)c2ccc(C)cc2N)CCC1C. The van der Waals surface area contributed by atoms with Crippen molar-refractivity contribution in [3.05, 3.63) is 29.3 Å². The summed E-state index contributed by atoms with van der Waals surface area (Å²) in [5, 5.41) is 0. The summed E-state index contributed by atoms with van der Waals surface area (Å²) in [7, 11) is 1.70. The number of hydrogen-bond donors (Lipinski definition) is 1. The molecular weight excluding hydrogens is 240 g/mol. The van der Waals surface area contributed by atoms with E-state index in [0.717, 1.165) is 18.5 Å². The zero-order valence-corrected chi connectivity index (χ0v) is 11.8. The molecule has 1 aliphatic heterocycles. The number of amides is 1. The second-order valence-electron chi connectivity index (χ2n) is 5.38. The van der Waals surface area contributed by atoms with Crippen LogP contribution in [0.15, 0.2) is 18.2 Å². The lowest BCUT2D eigenvalue weighted by Gasteiger charge is -2.36. The molecule has 1 fully saturated rings. The van der Waals surface area contributed by atoms with Crippen LogP contribution in [-0.4, -0.2) is 37.1 Å². The van der Waals surface area contributed by atoms with Gasteiger partial charge in [0.15, 0.2) is 0 Å². The third kappa shape index (κ3) is 2.89. The predicted molar refractivity (Wildman–Crippen MR) is 76.1 cm³/mol.